The van der Waals surface area contributed by atoms with Crippen molar-refractivity contribution < 1.29 is 8.78 Å². The highest BCUT2D eigenvalue weighted by atomic mass is 19.1. The molecule has 4 heteroatoms. The fourth-order valence-corrected chi connectivity index (χ4v) is 0.947. The molecule has 0 fully saturated rings. The molecule has 0 aliphatic carbocycles. The van der Waals surface area contributed by atoms with Crippen molar-refractivity contribution in [3.8, 4) is 12.3 Å². The molecule has 0 bridgehead atoms. The van der Waals surface area contributed by atoms with Crippen LogP contribution in [0.25, 0.3) is 0 Å². The van der Waals surface area contributed by atoms with Gasteiger partial charge in [-0.3, -0.25) is 0 Å². The minimum atomic E-state index is -0.737. The van der Waals surface area contributed by atoms with Crippen molar-refractivity contribution in [3.05, 3.63) is 23.9 Å². The number of nitrogens with zero attached hydrogens (tertiary/aromatic N) is 1. The zero-order chi connectivity index (χ0) is 10.6. The Morgan fingerprint density at radius 1 is 1.64 bits per heavy atom. The predicted molar refractivity (Wildman–Crippen MR) is 50.7 cm³/mol. The van der Waals surface area contributed by atoms with Gasteiger partial charge in [0, 0.05) is 6.07 Å². The molecule has 1 atom stereocenters. The third-order valence-electron chi connectivity index (χ3n) is 1.73. The van der Waals surface area contributed by atoms with Gasteiger partial charge in [-0.15, -0.1) is 6.42 Å². The van der Waals surface area contributed by atoms with Gasteiger partial charge >= 0.3 is 0 Å². The Labute approximate surface area is 81.4 Å². The van der Waals surface area contributed by atoms with Crippen LogP contribution in [0.1, 0.15) is 13.3 Å². The molecule has 1 rings (SSSR count). The lowest BCUT2D eigenvalue weighted by molar-refractivity contribution is 0.574. The van der Waals surface area contributed by atoms with Crippen LogP contribution in [0.4, 0.5) is 14.6 Å². The molecule has 0 aliphatic heterocycles. The minimum Gasteiger partial charge on any atom is -0.354 e. The van der Waals surface area contributed by atoms with E-state index in [1.54, 1.807) is 0 Å². The largest absolute Gasteiger partial charge is 0.354 e. The van der Waals surface area contributed by atoms with Crippen LogP contribution in [0.3, 0.4) is 0 Å². The number of rotatable bonds is 3. The number of hydrogen-bond donors (Lipinski definition) is 1. The second kappa shape index (κ2) is 4.56. The number of aromatic nitrogens is 1. The van der Waals surface area contributed by atoms with Crippen molar-refractivity contribution in [1.82, 2.24) is 4.98 Å². The third kappa shape index (κ3) is 2.43. The van der Waals surface area contributed by atoms with Gasteiger partial charge in [-0.2, -0.15) is 0 Å². The summed E-state index contributed by atoms with van der Waals surface area (Å²) in [6.45, 7) is 1.86. The molecular weight excluding hydrogens is 186 g/mol. The lowest BCUT2D eigenvalue weighted by Gasteiger charge is -2.11. The summed E-state index contributed by atoms with van der Waals surface area (Å²) < 4.78 is 25.5. The van der Waals surface area contributed by atoms with E-state index in [0.717, 1.165) is 12.3 Å². The van der Waals surface area contributed by atoms with Crippen molar-refractivity contribution in [2.45, 2.75) is 19.4 Å². The topological polar surface area (TPSA) is 24.9 Å². The zero-order valence-corrected chi connectivity index (χ0v) is 7.72. The molecule has 0 spiro atoms. The van der Waals surface area contributed by atoms with Crippen LogP contribution in [0.2, 0.25) is 0 Å². The van der Waals surface area contributed by atoms with Crippen molar-refractivity contribution >= 4 is 5.82 Å². The zero-order valence-electron chi connectivity index (χ0n) is 7.72. The fraction of sp³-hybridized carbons (Fsp3) is 0.300. The third-order valence-corrected chi connectivity index (χ3v) is 1.73. The van der Waals surface area contributed by atoms with E-state index in [1.807, 2.05) is 6.92 Å². The molecular formula is C10H10F2N2. The lowest BCUT2D eigenvalue weighted by Crippen LogP contribution is -2.17. The van der Waals surface area contributed by atoms with E-state index in [9.17, 15) is 8.78 Å². The number of terminal acetylenes is 1. The standard InChI is InChI=1S/C10H10F2N2/c1-3-8(4-2)14-10-9(12)5-7(11)6-13-10/h1,5-6,8H,4H2,2H3,(H,13,14). The molecule has 0 aromatic carbocycles. The predicted octanol–water partition coefficient (Wildman–Crippen LogP) is 2.18. The monoisotopic (exact) mass is 196 g/mol. The summed E-state index contributed by atoms with van der Waals surface area (Å²) in [7, 11) is 0. The second-order valence-electron chi connectivity index (χ2n) is 2.76. The van der Waals surface area contributed by atoms with E-state index in [1.165, 1.54) is 0 Å². The molecule has 1 aromatic heterocycles. The summed E-state index contributed by atoms with van der Waals surface area (Å²) in [5, 5.41) is 2.68. The Morgan fingerprint density at radius 3 is 2.86 bits per heavy atom. The number of nitrogens with one attached hydrogen (secondary N) is 1. The number of pyridine rings is 1. The maximum absolute atomic E-state index is 13.0. The number of halogens is 2. The summed E-state index contributed by atoms with van der Waals surface area (Å²) in [6.07, 6.45) is 6.76. The summed E-state index contributed by atoms with van der Waals surface area (Å²) in [5.41, 5.74) is 0. The van der Waals surface area contributed by atoms with Crippen LogP contribution in [0.5, 0.6) is 0 Å². The van der Waals surface area contributed by atoms with Gasteiger partial charge in [-0.1, -0.05) is 12.8 Å². The van der Waals surface area contributed by atoms with Crippen LogP contribution >= 0.6 is 0 Å². The number of hydrogen-bond acceptors (Lipinski definition) is 2. The van der Waals surface area contributed by atoms with Gasteiger partial charge in [0.2, 0.25) is 0 Å². The summed E-state index contributed by atoms with van der Waals surface area (Å²) in [6, 6.07) is 0.473. The molecule has 74 valence electrons. The molecule has 1 N–H and O–H groups in total. The molecule has 0 amide bonds. The highest BCUT2D eigenvalue weighted by Gasteiger charge is 2.08. The van der Waals surface area contributed by atoms with Gasteiger partial charge in [0.05, 0.1) is 12.2 Å². The SMILES string of the molecule is C#CC(CC)Nc1ncc(F)cc1F. The van der Waals surface area contributed by atoms with E-state index in [2.05, 4.69) is 16.2 Å². The van der Waals surface area contributed by atoms with E-state index in [-0.39, 0.29) is 11.9 Å². The van der Waals surface area contributed by atoms with Gasteiger partial charge in [0.1, 0.15) is 5.82 Å². The Kier molecular flexibility index (Phi) is 3.41. The second-order valence-corrected chi connectivity index (χ2v) is 2.76. The van der Waals surface area contributed by atoms with Crippen molar-refractivity contribution in [1.29, 1.82) is 0 Å². The normalized spacial score (nSPS) is 11.9. The molecule has 0 saturated carbocycles. The first-order chi connectivity index (χ1) is 6.67. The molecule has 2 nitrogen and oxygen atoms in total. The molecule has 1 unspecified atom stereocenters. The first-order valence-corrected chi connectivity index (χ1v) is 4.21. The average molecular weight is 196 g/mol. The van der Waals surface area contributed by atoms with Gasteiger partial charge in [-0.05, 0) is 6.42 Å². The maximum Gasteiger partial charge on any atom is 0.168 e. The Balaban J connectivity index is 2.82. The molecule has 1 aromatic rings. The van der Waals surface area contributed by atoms with E-state index >= 15 is 0 Å². The van der Waals surface area contributed by atoms with E-state index in [4.69, 9.17) is 6.42 Å². The highest BCUT2D eigenvalue weighted by Crippen LogP contribution is 2.12. The van der Waals surface area contributed by atoms with Gasteiger partial charge in [-0.25, -0.2) is 13.8 Å². The quantitative estimate of drug-likeness (QED) is 0.749. The van der Waals surface area contributed by atoms with Crippen molar-refractivity contribution in [2.24, 2.45) is 0 Å². The van der Waals surface area contributed by atoms with Crippen LogP contribution in [0.15, 0.2) is 12.3 Å². The van der Waals surface area contributed by atoms with Crippen LogP contribution < -0.4 is 5.32 Å². The molecule has 0 saturated heterocycles. The first-order valence-electron chi connectivity index (χ1n) is 4.21. The van der Waals surface area contributed by atoms with Gasteiger partial charge < -0.3 is 5.32 Å². The maximum atomic E-state index is 13.0. The smallest absolute Gasteiger partial charge is 0.168 e. The van der Waals surface area contributed by atoms with Crippen LogP contribution in [-0.2, 0) is 0 Å². The van der Waals surface area contributed by atoms with E-state index < -0.39 is 11.6 Å². The fourth-order valence-electron chi connectivity index (χ4n) is 0.947. The molecule has 1 heterocycles. The summed E-state index contributed by atoms with van der Waals surface area (Å²) in [4.78, 5) is 3.56. The molecule has 0 radical (unpaired) electrons. The lowest BCUT2D eigenvalue weighted by atomic mass is 10.2. The van der Waals surface area contributed by atoms with Crippen molar-refractivity contribution in [3.63, 3.8) is 0 Å². The first kappa shape index (κ1) is 10.5. The molecule has 0 aliphatic rings. The van der Waals surface area contributed by atoms with E-state index in [0.29, 0.717) is 6.42 Å². The van der Waals surface area contributed by atoms with Crippen LogP contribution in [-0.4, -0.2) is 11.0 Å². The average Bonchev–Trinajstić information content (AvgIpc) is 2.17. The van der Waals surface area contributed by atoms with Gasteiger partial charge in [0.15, 0.2) is 11.6 Å². The van der Waals surface area contributed by atoms with Crippen molar-refractivity contribution in [2.75, 3.05) is 5.32 Å². The molecule has 14 heavy (non-hydrogen) atoms. The summed E-state index contributed by atoms with van der Waals surface area (Å²) in [5.74, 6) is 0.969. The van der Waals surface area contributed by atoms with Gasteiger partial charge in [0.25, 0.3) is 0 Å². The number of anilines is 1. The Bertz CT molecular complexity index is 358. The van der Waals surface area contributed by atoms with Crippen LogP contribution in [0, 0.1) is 24.0 Å². The Morgan fingerprint density at radius 2 is 2.36 bits per heavy atom. The highest BCUT2D eigenvalue weighted by molar-refractivity contribution is 5.39. The summed E-state index contributed by atoms with van der Waals surface area (Å²) >= 11 is 0. The Hall–Kier alpha value is -1.63. The minimum absolute atomic E-state index is 0.0174.